The Morgan fingerprint density at radius 1 is 1.24 bits per heavy atom. The Hall–Kier alpha value is -1.37. The van der Waals surface area contributed by atoms with Crippen LogP contribution in [0.2, 0.25) is 0 Å². The van der Waals surface area contributed by atoms with Gasteiger partial charge in [-0.05, 0) is 6.54 Å². The molecule has 1 saturated heterocycles. The van der Waals surface area contributed by atoms with E-state index in [0.717, 1.165) is 45.0 Å². The van der Waals surface area contributed by atoms with Gasteiger partial charge in [0.15, 0.2) is 5.75 Å². The van der Waals surface area contributed by atoms with E-state index in [1.807, 2.05) is 4.57 Å². The van der Waals surface area contributed by atoms with E-state index in [4.69, 9.17) is 4.74 Å². The van der Waals surface area contributed by atoms with Crippen LogP contribution >= 0.6 is 0 Å². The average Bonchev–Trinajstić information content (AvgIpc) is 2.50. The van der Waals surface area contributed by atoms with Crippen LogP contribution in [-0.2, 0) is 17.8 Å². The van der Waals surface area contributed by atoms with Gasteiger partial charge in [-0.15, -0.1) is 0 Å². The van der Waals surface area contributed by atoms with Crippen LogP contribution < -0.4 is 5.43 Å². The molecule has 0 bridgehead atoms. The lowest BCUT2D eigenvalue weighted by Gasteiger charge is -2.34. The molecule has 0 atom stereocenters. The summed E-state index contributed by atoms with van der Waals surface area (Å²) in [7, 11) is 1.64. The lowest BCUT2D eigenvalue weighted by Crippen LogP contribution is -2.46. The van der Waals surface area contributed by atoms with Crippen molar-refractivity contribution < 1.29 is 9.84 Å². The fraction of sp³-hybridized carbons (Fsp3) is 0.667. The molecule has 118 valence electrons. The highest BCUT2D eigenvalue weighted by atomic mass is 16.5. The Morgan fingerprint density at radius 2 is 1.90 bits per heavy atom. The van der Waals surface area contributed by atoms with Crippen molar-refractivity contribution >= 4 is 0 Å². The van der Waals surface area contributed by atoms with Crippen LogP contribution in [-0.4, -0.2) is 65.9 Å². The summed E-state index contributed by atoms with van der Waals surface area (Å²) in [5.41, 5.74) is 0.616. The zero-order chi connectivity index (χ0) is 15.2. The van der Waals surface area contributed by atoms with Crippen LogP contribution in [0.15, 0.2) is 17.1 Å². The van der Waals surface area contributed by atoms with Gasteiger partial charge in [0.2, 0.25) is 5.43 Å². The van der Waals surface area contributed by atoms with E-state index in [0.29, 0.717) is 13.2 Å². The number of likely N-dealkylation sites (N-methyl/N-ethyl adjacent to an activating group) is 1. The molecule has 0 unspecified atom stereocenters. The van der Waals surface area contributed by atoms with E-state index in [2.05, 4.69) is 16.7 Å². The van der Waals surface area contributed by atoms with E-state index in [-0.39, 0.29) is 11.2 Å². The molecule has 1 aliphatic rings. The van der Waals surface area contributed by atoms with Gasteiger partial charge in [0.05, 0.1) is 12.8 Å². The van der Waals surface area contributed by atoms with Crippen LogP contribution in [0.3, 0.4) is 0 Å². The van der Waals surface area contributed by atoms with E-state index in [1.54, 1.807) is 7.11 Å². The first-order chi connectivity index (χ1) is 10.1. The van der Waals surface area contributed by atoms with Crippen molar-refractivity contribution in [2.75, 3.05) is 46.4 Å². The highest BCUT2D eigenvalue weighted by Gasteiger charge is 2.17. The highest BCUT2D eigenvalue weighted by molar-refractivity contribution is 5.20. The first-order valence-electron chi connectivity index (χ1n) is 7.50. The Balaban J connectivity index is 2.07. The number of nitrogens with zero attached hydrogens (tertiary/aromatic N) is 3. The van der Waals surface area contributed by atoms with Gasteiger partial charge >= 0.3 is 0 Å². The molecule has 0 aromatic carbocycles. The number of rotatable bonds is 6. The molecular formula is C15H25N3O3. The predicted octanol–water partition coefficient (Wildman–Crippen LogP) is 0.338. The van der Waals surface area contributed by atoms with Crippen LogP contribution in [0.5, 0.6) is 5.75 Å². The third-order valence-electron chi connectivity index (χ3n) is 4.03. The molecule has 21 heavy (non-hydrogen) atoms. The summed E-state index contributed by atoms with van der Waals surface area (Å²) in [5, 5.41) is 9.60. The largest absolute Gasteiger partial charge is 0.503 e. The SMILES string of the molecule is CCN1CCN(Cc2cc(=O)c(O)cn2CCOC)CC1. The number of aromatic hydroxyl groups is 1. The fourth-order valence-electron chi connectivity index (χ4n) is 2.63. The summed E-state index contributed by atoms with van der Waals surface area (Å²) >= 11 is 0. The van der Waals surface area contributed by atoms with Gasteiger partial charge in [0.25, 0.3) is 0 Å². The highest BCUT2D eigenvalue weighted by Crippen LogP contribution is 2.10. The van der Waals surface area contributed by atoms with Gasteiger partial charge in [0.1, 0.15) is 0 Å². The average molecular weight is 295 g/mol. The molecule has 6 nitrogen and oxygen atoms in total. The van der Waals surface area contributed by atoms with Crippen molar-refractivity contribution in [2.45, 2.75) is 20.0 Å². The van der Waals surface area contributed by atoms with E-state index < -0.39 is 0 Å². The number of methoxy groups -OCH3 is 1. The number of piperazine rings is 1. The maximum Gasteiger partial charge on any atom is 0.223 e. The zero-order valence-electron chi connectivity index (χ0n) is 12.9. The number of hydrogen-bond acceptors (Lipinski definition) is 5. The molecule has 2 heterocycles. The molecule has 0 aliphatic carbocycles. The molecule has 0 spiro atoms. The monoisotopic (exact) mass is 295 g/mol. The predicted molar refractivity (Wildman–Crippen MR) is 81.6 cm³/mol. The molecule has 1 aromatic heterocycles. The molecular weight excluding hydrogens is 270 g/mol. The van der Waals surface area contributed by atoms with Crippen LogP contribution in [0.1, 0.15) is 12.6 Å². The Kier molecular flexibility index (Phi) is 5.78. The third-order valence-corrected chi connectivity index (χ3v) is 4.03. The van der Waals surface area contributed by atoms with Crippen molar-refractivity contribution in [2.24, 2.45) is 0 Å². The first-order valence-corrected chi connectivity index (χ1v) is 7.50. The van der Waals surface area contributed by atoms with Gasteiger partial charge in [0, 0.05) is 58.1 Å². The molecule has 1 N–H and O–H groups in total. The topological polar surface area (TPSA) is 57.9 Å². The molecule has 0 saturated carbocycles. The smallest absolute Gasteiger partial charge is 0.223 e. The molecule has 1 fully saturated rings. The van der Waals surface area contributed by atoms with E-state index in [1.165, 1.54) is 12.3 Å². The second-order valence-electron chi connectivity index (χ2n) is 5.41. The second kappa shape index (κ2) is 7.59. The van der Waals surface area contributed by atoms with Crippen molar-refractivity contribution in [3.8, 4) is 5.75 Å². The number of hydrogen-bond donors (Lipinski definition) is 1. The number of aromatic nitrogens is 1. The minimum Gasteiger partial charge on any atom is -0.503 e. The van der Waals surface area contributed by atoms with Gasteiger partial charge < -0.3 is 19.3 Å². The van der Waals surface area contributed by atoms with Gasteiger partial charge in [-0.25, -0.2) is 0 Å². The van der Waals surface area contributed by atoms with Crippen molar-refractivity contribution in [3.63, 3.8) is 0 Å². The Bertz CT molecular complexity index is 507. The molecule has 6 heteroatoms. The molecule has 0 radical (unpaired) electrons. The minimum absolute atomic E-state index is 0.203. The maximum atomic E-state index is 11.7. The fourth-order valence-corrected chi connectivity index (χ4v) is 2.63. The van der Waals surface area contributed by atoms with Crippen LogP contribution in [0.25, 0.3) is 0 Å². The summed E-state index contributed by atoms with van der Waals surface area (Å²) in [6, 6.07) is 1.54. The van der Waals surface area contributed by atoms with Crippen molar-refractivity contribution in [3.05, 3.63) is 28.2 Å². The van der Waals surface area contributed by atoms with Crippen LogP contribution in [0, 0.1) is 0 Å². The molecule has 1 aromatic rings. The van der Waals surface area contributed by atoms with Gasteiger partial charge in [-0.1, -0.05) is 6.92 Å². The quantitative estimate of drug-likeness (QED) is 0.820. The Morgan fingerprint density at radius 3 is 2.52 bits per heavy atom. The zero-order valence-corrected chi connectivity index (χ0v) is 12.9. The van der Waals surface area contributed by atoms with Gasteiger partial charge in [-0.3, -0.25) is 9.69 Å². The normalized spacial score (nSPS) is 17.2. The second-order valence-corrected chi connectivity index (χ2v) is 5.41. The lowest BCUT2D eigenvalue weighted by molar-refractivity contribution is 0.128. The third kappa shape index (κ3) is 4.30. The first kappa shape index (κ1) is 16.0. The lowest BCUT2D eigenvalue weighted by atomic mass is 10.2. The molecule has 0 amide bonds. The Labute approximate surface area is 125 Å². The van der Waals surface area contributed by atoms with Gasteiger partial charge in [-0.2, -0.15) is 0 Å². The summed E-state index contributed by atoms with van der Waals surface area (Å²) in [5.74, 6) is -0.203. The van der Waals surface area contributed by atoms with E-state index in [9.17, 15) is 9.90 Å². The summed E-state index contributed by atoms with van der Waals surface area (Å²) < 4.78 is 7.00. The van der Waals surface area contributed by atoms with Crippen LogP contribution in [0.4, 0.5) is 0 Å². The van der Waals surface area contributed by atoms with E-state index >= 15 is 0 Å². The number of ether oxygens (including phenoxy) is 1. The molecule has 2 rings (SSSR count). The maximum absolute atomic E-state index is 11.7. The summed E-state index contributed by atoms with van der Waals surface area (Å²) in [6.45, 7) is 9.34. The summed E-state index contributed by atoms with van der Waals surface area (Å²) in [6.07, 6.45) is 1.51. The molecule has 1 aliphatic heterocycles. The summed E-state index contributed by atoms with van der Waals surface area (Å²) in [4.78, 5) is 16.5. The minimum atomic E-state index is -0.314. The van der Waals surface area contributed by atoms with Crippen molar-refractivity contribution in [1.82, 2.24) is 14.4 Å². The standard InChI is InChI=1S/C15H25N3O3/c1-3-16-4-6-17(7-5-16)11-13-10-14(19)15(20)12-18(13)8-9-21-2/h10,12,20H,3-9,11H2,1-2H3. The number of pyridine rings is 1. The van der Waals surface area contributed by atoms with Crippen molar-refractivity contribution in [1.29, 1.82) is 0 Å².